The van der Waals surface area contributed by atoms with Crippen LogP contribution in [-0.4, -0.2) is 6.04 Å². The highest BCUT2D eigenvalue weighted by atomic mass is 14.6. The van der Waals surface area contributed by atoms with E-state index in [0.29, 0.717) is 6.04 Å². The summed E-state index contributed by atoms with van der Waals surface area (Å²) in [7, 11) is 0. The molecule has 0 aromatic heterocycles. The summed E-state index contributed by atoms with van der Waals surface area (Å²) in [6.45, 7) is 10.4. The number of nitrogens with two attached hydrogens (primary N) is 1. The van der Waals surface area contributed by atoms with Gasteiger partial charge in [0.05, 0.1) is 0 Å². The van der Waals surface area contributed by atoms with Gasteiger partial charge in [0.2, 0.25) is 0 Å². The van der Waals surface area contributed by atoms with Crippen molar-refractivity contribution in [3.8, 4) is 0 Å². The molecule has 0 rings (SSSR count). The summed E-state index contributed by atoms with van der Waals surface area (Å²) in [6, 6.07) is 0.333. The average molecular weight is 133 g/mol. The average Bonchev–Trinajstić information content (AvgIpc) is 1.25. The van der Waals surface area contributed by atoms with Crippen molar-refractivity contribution in [3.63, 3.8) is 0 Å². The fraction of sp³-hybridized carbons (Fsp3) is 1.00. The zero-order valence-corrected chi connectivity index (χ0v) is 6.73. The van der Waals surface area contributed by atoms with Gasteiger partial charge in [-0.3, -0.25) is 0 Å². The lowest BCUT2D eigenvalue weighted by Gasteiger charge is -1.81. The maximum Gasteiger partial charge on any atom is -0.00179 e. The first-order valence-corrected chi connectivity index (χ1v) is 3.22. The number of hydrogen-bond acceptors (Lipinski definition) is 1. The zero-order valence-electron chi connectivity index (χ0n) is 6.73. The lowest BCUT2D eigenvalue weighted by molar-refractivity contribution is 0.737. The van der Waals surface area contributed by atoms with Gasteiger partial charge in [-0.15, -0.1) is 0 Å². The first kappa shape index (κ1) is 16.0. The molecule has 0 bridgehead atoms. The van der Waals surface area contributed by atoms with Crippen LogP contribution in [0.15, 0.2) is 0 Å². The molecule has 0 amide bonds. The quantitative estimate of drug-likeness (QED) is 0.540. The van der Waals surface area contributed by atoms with Gasteiger partial charge in [-0.25, -0.2) is 0 Å². The Morgan fingerprint density at radius 3 is 0.889 bits per heavy atom. The van der Waals surface area contributed by atoms with Crippen LogP contribution >= 0.6 is 0 Å². The third-order valence-corrected chi connectivity index (χ3v) is 0. The molecular formula is C8H23N. The molecule has 60 valence electrons. The fourth-order valence-electron chi connectivity index (χ4n) is 0. The third kappa shape index (κ3) is 177000. The van der Waals surface area contributed by atoms with Crippen LogP contribution in [0.25, 0.3) is 0 Å². The molecule has 0 spiro atoms. The van der Waals surface area contributed by atoms with Gasteiger partial charge in [0.25, 0.3) is 0 Å². The maximum atomic E-state index is 5.11. The van der Waals surface area contributed by atoms with Crippen molar-refractivity contribution in [2.45, 2.75) is 48.1 Å². The second-order valence-electron chi connectivity index (χ2n) is 2.98. The van der Waals surface area contributed by atoms with Crippen LogP contribution in [0.4, 0.5) is 0 Å². The van der Waals surface area contributed by atoms with E-state index in [2.05, 4.69) is 20.8 Å². The maximum absolute atomic E-state index is 5.11. The van der Waals surface area contributed by atoms with E-state index in [4.69, 9.17) is 5.73 Å². The Kier molecular flexibility index (Phi) is 19.3. The first-order chi connectivity index (χ1) is 3.46. The molecule has 0 heterocycles. The van der Waals surface area contributed by atoms with E-state index in [1.165, 1.54) is 0 Å². The summed E-state index contributed by atoms with van der Waals surface area (Å²) in [5.41, 5.74) is 5.11. The van der Waals surface area contributed by atoms with Gasteiger partial charge in [0.1, 0.15) is 0 Å². The van der Waals surface area contributed by atoms with Crippen LogP contribution in [0.2, 0.25) is 0 Å². The predicted octanol–water partition coefficient (Wildman–Crippen LogP) is 2.65. The lowest BCUT2D eigenvalue weighted by atomic mass is 10.3. The topological polar surface area (TPSA) is 26.0 Å². The molecule has 9 heavy (non-hydrogen) atoms. The van der Waals surface area contributed by atoms with E-state index >= 15 is 0 Å². The summed E-state index contributed by atoms with van der Waals surface area (Å²) in [5.74, 6) is 0.833. The van der Waals surface area contributed by atoms with Crippen molar-refractivity contribution < 1.29 is 0 Å². The van der Waals surface area contributed by atoms with Crippen molar-refractivity contribution in [3.05, 3.63) is 0 Å². The van der Waals surface area contributed by atoms with Crippen molar-refractivity contribution in [1.29, 1.82) is 0 Å². The SMILES string of the molecule is C.CC(C)C.CC(C)N. The summed E-state index contributed by atoms with van der Waals surface area (Å²) in [4.78, 5) is 0. The fourth-order valence-corrected chi connectivity index (χ4v) is 0. The van der Waals surface area contributed by atoms with Crippen molar-refractivity contribution in [2.75, 3.05) is 0 Å². The van der Waals surface area contributed by atoms with Crippen molar-refractivity contribution >= 4 is 0 Å². The van der Waals surface area contributed by atoms with Gasteiger partial charge < -0.3 is 5.73 Å². The van der Waals surface area contributed by atoms with Crippen LogP contribution in [0.1, 0.15) is 42.0 Å². The molecule has 0 fully saturated rings. The molecule has 0 saturated carbocycles. The molecule has 0 unspecified atom stereocenters. The van der Waals surface area contributed by atoms with E-state index in [-0.39, 0.29) is 7.43 Å². The third-order valence-electron chi connectivity index (χ3n) is 0. The smallest absolute Gasteiger partial charge is 0.00179 e. The summed E-state index contributed by atoms with van der Waals surface area (Å²) in [6.07, 6.45) is 0. The Bertz CT molecular complexity index is 20.0. The Hall–Kier alpha value is -0.0400. The molecule has 0 aliphatic rings. The second kappa shape index (κ2) is 10.9. The van der Waals surface area contributed by atoms with E-state index in [0.717, 1.165) is 5.92 Å². The van der Waals surface area contributed by atoms with Gasteiger partial charge in [-0.2, -0.15) is 0 Å². The highest BCUT2D eigenvalue weighted by Gasteiger charge is 1.68. The summed E-state index contributed by atoms with van der Waals surface area (Å²) >= 11 is 0. The molecule has 1 heteroatoms. The molecule has 0 aliphatic heterocycles. The molecule has 0 aromatic carbocycles. The van der Waals surface area contributed by atoms with E-state index in [9.17, 15) is 0 Å². The van der Waals surface area contributed by atoms with Gasteiger partial charge in [0.15, 0.2) is 0 Å². The normalized spacial score (nSPS) is 8.00. The van der Waals surface area contributed by atoms with Gasteiger partial charge in [0, 0.05) is 0 Å². The first-order valence-electron chi connectivity index (χ1n) is 3.22. The minimum Gasteiger partial charge on any atom is -0.328 e. The molecular weight excluding hydrogens is 110 g/mol. The molecule has 0 aromatic rings. The highest BCUT2D eigenvalue weighted by Crippen LogP contribution is 1.81. The lowest BCUT2D eigenvalue weighted by Crippen LogP contribution is -2.06. The Morgan fingerprint density at radius 1 is 0.889 bits per heavy atom. The van der Waals surface area contributed by atoms with Gasteiger partial charge >= 0.3 is 0 Å². The number of hydrogen-bond donors (Lipinski definition) is 1. The Morgan fingerprint density at radius 2 is 0.889 bits per heavy atom. The van der Waals surface area contributed by atoms with Gasteiger partial charge in [-0.05, 0) is 12.0 Å². The van der Waals surface area contributed by atoms with Crippen LogP contribution < -0.4 is 5.73 Å². The second-order valence-corrected chi connectivity index (χ2v) is 2.98. The standard InChI is InChI=1S/C4H10.C3H9N.CH4/c1-4(2)3;1-3(2)4;/h4H,1-3H3;3H,4H2,1-2H3;1H4. The minimum atomic E-state index is 0. The minimum absolute atomic E-state index is 0. The highest BCUT2D eigenvalue weighted by molar-refractivity contribution is 4.32. The molecule has 0 saturated heterocycles. The van der Waals surface area contributed by atoms with Crippen molar-refractivity contribution in [2.24, 2.45) is 11.7 Å². The van der Waals surface area contributed by atoms with Crippen LogP contribution in [0.5, 0.6) is 0 Å². The van der Waals surface area contributed by atoms with E-state index in [1.807, 2.05) is 13.8 Å². The molecule has 0 aliphatic carbocycles. The predicted molar refractivity (Wildman–Crippen MR) is 46.6 cm³/mol. The van der Waals surface area contributed by atoms with E-state index in [1.54, 1.807) is 0 Å². The molecule has 2 N–H and O–H groups in total. The zero-order chi connectivity index (χ0) is 7.15. The number of rotatable bonds is 0. The van der Waals surface area contributed by atoms with E-state index < -0.39 is 0 Å². The summed E-state index contributed by atoms with van der Waals surface area (Å²) in [5, 5.41) is 0. The Balaban J connectivity index is -0.0000000720. The van der Waals surface area contributed by atoms with Crippen molar-refractivity contribution in [1.82, 2.24) is 0 Å². The monoisotopic (exact) mass is 133 g/mol. The Labute approximate surface area is 60.6 Å². The van der Waals surface area contributed by atoms with Crippen LogP contribution in [0, 0.1) is 5.92 Å². The van der Waals surface area contributed by atoms with Crippen LogP contribution in [-0.2, 0) is 0 Å². The molecule has 0 atom stereocenters. The molecule has 1 nitrogen and oxygen atoms in total. The largest absolute Gasteiger partial charge is 0.328 e. The molecule has 0 radical (unpaired) electrons. The van der Waals surface area contributed by atoms with Crippen LogP contribution in [0.3, 0.4) is 0 Å². The summed E-state index contributed by atoms with van der Waals surface area (Å²) < 4.78 is 0. The van der Waals surface area contributed by atoms with Gasteiger partial charge in [-0.1, -0.05) is 42.0 Å².